The summed E-state index contributed by atoms with van der Waals surface area (Å²) in [6.07, 6.45) is 4.88. The summed E-state index contributed by atoms with van der Waals surface area (Å²) in [5, 5.41) is 3.41. The van der Waals surface area contributed by atoms with Crippen LogP contribution in [0.25, 0.3) is 0 Å². The molecule has 1 aromatic heterocycles. The van der Waals surface area contributed by atoms with Crippen molar-refractivity contribution >= 4 is 5.82 Å². The molecule has 0 saturated carbocycles. The summed E-state index contributed by atoms with van der Waals surface area (Å²) in [6.45, 7) is 3.63. The maximum Gasteiger partial charge on any atom is 0.136 e. The highest BCUT2D eigenvalue weighted by atomic mass is 16.5. The van der Waals surface area contributed by atoms with Gasteiger partial charge in [-0.15, -0.1) is 0 Å². The third kappa shape index (κ3) is 2.20. The normalized spacial score (nSPS) is 20.5. The van der Waals surface area contributed by atoms with Crippen LogP contribution in [0.4, 0.5) is 5.82 Å². The lowest BCUT2D eigenvalue weighted by Gasteiger charge is -2.34. The maximum atomic E-state index is 5.43. The number of hydrogen-bond donors (Lipinski definition) is 1. The summed E-state index contributed by atoms with van der Waals surface area (Å²) in [7, 11) is 2.15. The first-order valence-electron chi connectivity index (χ1n) is 6.70. The van der Waals surface area contributed by atoms with Crippen LogP contribution in [-0.2, 0) is 17.7 Å². The maximum absolute atomic E-state index is 5.43. The van der Waals surface area contributed by atoms with Crippen molar-refractivity contribution in [3.05, 3.63) is 17.6 Å². The Kier molecular flexibility index (Phi) is 3.43. The van der Waals surface area contributed by atoms with E-state index in [1.165, 1.54) is 11.3 Å². The topological polar surface area (TPSA) is 50.3 Å². The van der Waals surface area contributed by atoms with E-state index in [0.29, 0.717) is 6.04 Å². The smallest absolute Gasteiger partial charge is 0.136 e. The Morgan fingerprint density at radius 2 is 2.17 bits per heavy atom. The van der Waals surface area contributed by atoms with E-state index in [0.717, 1.165) is 51.4 Å². The van der Waals surface area contributed by atoms with Gasteiger partial charge in [-0.3, -0.25) is 0 Å². The van der Waals surface area contributed by atoms with E-state index in [1.807, 2.05) is 0 Å². The molecular formula is C13H20N4O. The van der Waals surface area contributed by atoms with Gasteiger partial charge in [-0.25, -0.2) is 9.97 Å². The van der Waals surface area contributed by atoms with E-state index < -0.39 is 0 Å². The molecule has 18 heavy (non-hydrogen) atoms. The standard InChI is InChI=1S/C13H20N4O/c1-17(10-3-6-18-7-4-10)13-11-8-14-5-2-12(11)15-9-16-13/h9-10,14H,2-8H2,1H3. The van der Waals surface area contributed by atoms with E-state index in [9.17, 15) is 0 Å². The molecule has 1 N–H and O–H groups in total. The number of nitrogens with zero attached hydrogens (tertiary/aromatic N) is 3. The van der Waals surface area contributed by atoms with Crippen LogP contribution in [0.1, 0.15) is 24.1 Å². The molecule has 0 atom stereocenters. The molecule has 0 aromatic carbocycles. The minimum atomic E-state index is 0.541. The van der Waals surface area contributed by atoms with Crippen molar-refractivity contribution in [2.45, 2.75) is 31.8 Å². The second-order valence-electron chi connectivity index (χ2n) is 5.00. The van der Waals surface area contributed by atoms with E-state index in [1.54, 1.807) is 6.33 Å². The molecular weight excluding hydrogens is 228 g/mol. The molecule has 2 aliphatic heterocycles. The fraction of sp³-hybridized carbons (Fsp3) is 0.692. The molecule has 0 amide bonds. The number of hydrogen-bond acceptors (Lipinski definition) is 5. The van der Waals surface area contributed by atoms with Gasteiger partial charge in [0.1, 0.15) is 12.1 Å². The van der Waals surface area contributed by atoms with Crippen molar-refractivity contribution in [1.82, 2.24) is 15.3 Å². The third-order valence-corrected chi connectivity index (χ3v) is 3.92. The average molecular weight is 248 g/mol. The SMILES string of the molecule is CN(c1ncnc2c1CNCC2)C1CCOCC1. The van der Waals surface area contributed by atoms with Gasteiger partial charge < -0.3 is 15.0 Å². The molecule has 0 unspecified atom stereocenters. The molecule has 3 rings (SSSR count). The monoisotopic (exact) mass is 248 g/mol. The first-order valence-corrected chi connectivity index (χ1v) is 6.70. The predicted octanol–water partition coefficient (Wildman–Crippen LogP) is 0.737. The molecule has 5 heteroatoms. The molecule has 98 valence electrons. The highest BCUT2D eigenvalue weighted by Crippen LogP contribution is 2.25. The minimum absolute atomic E-state index is 0.541. The largest absolute Gasteiger partial charge is 0.381 e. The lowest BCUT2D eigenvalue weighted by molar-refractivity contribution is 0.0853. The number of aromatic nitrogens is 2. The Labute approximate surface area is 108 Å². The van der Waals surface area contributed by atoms with Crippen LogP contribution in [0.5, 0.6) is 0 Å². The van der Waals surface area contributed by atoms with Gasteiger partial charge in [0.25, 0.3) is 0 Å². The number of rotatable bonds is 2. The molecule has 1 fully saturated rings. The van der Waals surface area contributed by atoms with Crippen LogP contribution in [0.3, 0.4) is 0 Å². The van der Waals surface area contributed by atoms with E-state index in [4.69, 9.17) is 4.74 Å². The molecule has 3 heterocycles. The summed E-state index contributed by atoms with van der Waals surface area (Å²) in [4.78, 5) is 11.2. The van der Waals surface area contributed by atoms with Gasteiger partial charge in [0.15, 0.2) is 0 Å². The number of anilines is 1. The highest BCUT2D eigenvalue weighted by molar-refractivity contribution is 5.49. The lowest BCUT2D eigenvalue weighted by Crippen LogP contribution is -2.39. The van der Waals surface area contributed by atoms with Crippen molar-refractivity contribution < 1.29 is 4.74 Å². The van der Waals surface area contributed by atoms with Gasteiger partial charge in [-0.2, -0.15) is 0 Å². The molecule has 1 aromatic rings. The molecule has 0 bridgehead atoms. The van der Waals surface area contributed by atoms with Crippen molar-refractivity contribution in [1.29, 1.82) is 0 Å². The van der Waals surface area contributed by atoms with Crippen molar-refractivity contribution in [3.63, 3.8) is 0 Å². The Morgan fingerprint density at radius 3 is 3.00 bits per heavy atom. The zero-order valence-corrected chi connectivity index (χ0v) is 10.9. The number of ether oxygens (including phenoxy) is 1. The van der Waals surface area contributed by atoms with Crippen LogP contribution in [0, 0.1) is 0 Å². The van der Waals surface area contributed by atoms with Crippen molar-refractivity contribution in [2.75, 3.05) is 31.7 Å². The second kappa shape index (κ2) is 5.20. The quantitative estimate of drug-likeness (QED) is 0.836. The van der Waals surface area contributed by atoms with Crippen LogP contribution < -0.4 is 10.2 Å². The Bertz CT molecular complexity index is 417. The fourth-order valence-electron chi connectivity index (χ4n) is 2.80. The summed E-state index contributed by atoms with van der Waals surface area (Å²) in [5.41, 5.74) is 2.48. The molecule has 5 nitrogen and oxygen atoms in total. The Hall–Kier alpha value is -1.20. The summed E-state index contributed by atoms with van der Waals surface area (Å²) in [6, 6.07) is 0.541. The van der Waals surface area contributed by atoms with E-state index in [-0.39, 0.29) is 0 Å². The number of fused-ring (bicyclic) bond motifs is 1. The van der Waals surface area contributed by atoms with Crippen LogP contribution in [-0.4, -0.2) is 42.8 Å². The zero-order valence-electron chi connectivity index (χ0n) is 10.9. The molecule has 0 spiro atoms. The van der Waals surface area contributed by atoms with Gasteiger partial charge in [0.05, 0.1) is 5.69 Å². The summed E-state index contributed by atoms with van der Waals surface area (Å²) in [5.74, 6) is 1.10. The van der Waals surface area contributed by atoms with Gasteiger partial charge in [-0.05, 0) is 12.8 Å². The van der Waals surface area contributed by atoms with Gasteiger partial charge in [-0.1, -0.05) is 0 Å². The Balaban J connectivity index is 1.86. The van der Waals surface area contributed by atoms with Gasteiger partial charge >= 0.3 is 0 Å². The second-order valence-corrected chi connectivity index (χ2v) is 5.00. The fourth-order valence-corrected chi connectivity index (χ4v) is 2.80. The highest BCUT2D eigenvalue weighted by Gasteiger charge is 2.24. The average Bonchev–Trinajstić information content (AvgIpc) is 2.47. The zero-order chi connectivity index (χ0) is 12.4. The summed E-state index contributed by atoms with van der Waals surface area (Å²) >= 11 is 0. The molecule has 1 saturated heterocycles. The van der Waals surface area contributed by atoms with Crippen LogP contribution in [0.2, 0.25) is 0 Å². The summed E-state index contributed by atoms with van der Waals surface area (Å²) < 4.78 is 5.43. The third-order valence-electron chi connectivity index (χ3n) is 3.92. The molecule has 0 radical (unpaired) electrons. The number of nitrogens with one attached hydrogen (secondary N) is 1. The Morgan fingerprint density at radius 1 is 1.33 bits per heavy atom. The molecule has 2 aliphatic rings. The van der Waals surface area contributed by atoms with Gasteiger partial charge in [0, 0.05) is 51.4 Å². The van der Waals surface area contributed by atoms with Crippen molar-refractivity contribution in [3.8, 4) is 0 Å². The van der Waals surface area contributed by atoms with Crippen LogP contribution in [0.15, 0.2) is 6.33 Å². The first-order chi connectivity index (χ1) is 8.86. The van der Waals surface area contributed by atoms with E-state index in [2.05, 4.69) is 27.2 Å². The van der Waals surface area contributed by atoms with E-state index >= 15 is 0 Å². The van der Waals surface area contributed by atoms with Gasteiger partial charge in [0.2, 0.25) is 0 Å². The minimum Gasteiger partial charge on any atom is -0.381 e. The lowest BCUT2D eigenvalue weighted by atomic mass is 10.0. The predicted molar refractivity (Wildman–Crippen MR) is 69.7 cm³/mol. The van der Waals surface area contributed by atoms with Crippen molar-refractivity contribution in [2.24, 2.45) is 0 Å². The molecule has 0 aliphatic carbocycles. The first kappa shape index (κ1) is 11.9. The van der Waals surface area contributed by atoms with Crippen LogP contribution >= 0.6 is 0 Å².